The largest absolute Gasteiger partial charge is 0.308 e. The molecule has 2 aromatic rings. The van der Waals surface area contributed by atoms with E-state index in [2.05, 4.69) is 74.2 Å². The Morgan fingerprint density at radius 3 is 1.75 bits per heavy atom. The molecule has 0 aromatic heterocycles. The van der Waals surface area contributed by atoms with Crippen LogP contribution in [0.3, 0.4) is 0 Å². The van der Waals surface area contributed by atoms with Crippen molar-refractivity contribution in [3.63, 3.8) is 0 Å². The van der Waals surface area contributed by atoms with E-state index in [1.807, 2.05) is 0 Å². The number of rotatable bonds is 7. The zero-order valence-corrected chi connectivity index (χ0v) is 13.8. The van der Waals surface area contributed by atoms with E-state index in [4.69, 9.17) is 0 Å². The molecule has 0 amide bonds. The molecule has 0 heterocycles. The van der Waals surface area contributed by atoms with Gasteiger partial charge >= 0.3 is 0 Å². The van der Waals surface area contributed by atoms with Gasteiger partial charge in [-0.05, 0) is 25.6 Å². The molecule has 1 nitrogen and oxygen atoms in total. The fourth-order valence-electron chi connectivity index (χ4n) is 2.96. The standard InChI is InChI=1S/C18H25N.Fe/c1-4-19(5-2)18(17-12-8-9-13-17)14-15(3)16-10-6-7-11-16;/h6-13,15,18H,4-5,14H2,1-3H3;/q-2;. The van der Waals surface area contributed by atoms with Gasteiger partial charge in [0.15, 0.2) is 0 Å². The van der Waals surface area contributed by atoms with E-state index in [9.17, 15) is 0 Å². The number of hydrogen-bond acceptors (Lipinski definition) is 1. The zero-order chi connectivity index (χ0) is 13.7. The molecule has 0 bridgehead atoms. The van der Waals surface area contributed by atoms with Crippen LogP contribution in [-0.2, 0) is 17.1 Å². The van der Waals surface area contributed by atoms with E-state index in [1.54, 1.807) is 0 Å². The maximum Gasteiger partial charge on any atom is 0 e. The average molecular weight is 311 g/mol. The first kappa shape index (κ1) is 17.2. The molecule has 0 saturated heterocycles. The van der Waals surface area contributed by atoms with Gasteiger partial charge in [-0.25, -0.2) is 24.3 Å². The molecule has 2 rings (SSSR count). The summed E-state index contributed by atoms with van der Waals surface area (Å²) in [7, 11) is 0. The van der Waals surface area contributed by atoms with E-state index >= 15 is 0 Å². The molecule has 0 saturated carbocycles. The summed E-state index contributed by atoms with van der Waals surface area (Å²) in [5, 5.41) is 0. The summed E-state index contributed by atoms with van der Waals surface area (Å²) in [6.07, 6.45) is 1.19. The van der Waals surface area contributed by atoms with Crippen LogP contribution in [0.1, 0.15) is 50.3 Å². The molecule has 0 radical (unpaired) electrons. The van der Waals surface area contributed by atoms with Gasteiger partial charge in [0.1, 0.15) is 0 Å². The van der Waals surface area contributed by atoms with Crippen molar-refractivity contribution in [3.8, 4) is 0 Å². The van der Waals surface area contributed by atoms with Crippen LogP contribution in [0, 0.1) is 0 Å². The second kappa shape index (κ2) is 8.46. The Kier molecular flexibility index (Phi) is 7.29. The first-order valence-corrected chi connectivity index (χ1v) is 7.43. The molecule has 0 N–H and O–H groups in total. The van der Waals surface area contributed by atoms with E-state index in [-0.39, 0.29) is 17.1 Å². The van der Waals surface area contributed by atoms with Crippen molar-refractivity contribution in [2.45, 2.75) is 39.2 Å². The van der Waals surface area contributed by atoms with Crippen LogP contribution in [-0.4, -0.2) is 18.0 Å². The molecule has 0 spiro atoms. The topological polar surface area (TPSA) is 3.24 Å². The second-order valence-corrected chi connectivity index (χ2v) is 5.31. The van der Waals surface area contributed by atoms with E-state index in [0.29, 0.717) is 12.0 Å². The van der Waals surface area contributed by atoms with E-state index < -0.39 is 0 Å². The molecule has 0 aliphatic heterocycles. The summed E-state index contributed by atoms with van der Waals surface area (Å²) in [5.74, 6) is 0.607. The second-order valence-electron chi connectivity index (χ2n) is 5.31. The number of nitrogens with zero attached hydrogens (tertiary/aromatic N) is 1. The van der Waals surface area contributed by atoms with Gasteiger partial charge in [-0.1, -0.05) is 26.7 Å². The van der Waals surface area contributed by atoms with Gasteiger partial charge in [0.05, 0.1) is 0 Å². The maximum absolute atomic E-state index is 2.56. The predicted octanol–water partition coefficient (Wildman–Crippen LogP) is 4.70. The minimum Gasteiger partial charge on any atom is -0.308 e. The number of hydrogen-bond donors (Lipinski definition) is 0. The van der Waals surface area contributed by atoms with Gasteiger partial charge in [-0.15, -0.1) is 5.56 Å². The van der Waals surface area contributed by atoms with Crippen molar-refractivity contribution in [3.05, 3.63) is 59.7 Å². The van der Waals surface area contributed by atoms with Crippen LogP contribution in [0.25, 0.3) is 0 Å². The Labute approximate surface area is 134 Å². The van der Waals surface area contributed by atoms with Crippen molar-refractivity contribution >= 4 is 0 Å². The molecule has 2 heteroatoms. The van der Waals surface area contributed by atoms with Gasteiger partial charge in [0.25, 0.3) is 0 Å². The first-order valence-electron chi connectivity index (χ1n) is 7.43. The van der Waals surface area contributed by atoms with Crippen LogP contribution in [0.2, 0.25) is 0 Å². The summed E-state index contributed by atoms with van der Waals surface area (Å²) in [4.78, 5) is 2.56. The smallest absolute Gasteiger partial charge is 0 e. The van der Waals surface area contributed by atoms with Gasteiger partial charge in [0, 0.05) is 17.1 Å². The zero-order valence-electron chi connectivity index (χ0n) is 12.7. The molecule has 112 valence electrons. The van der Waals surface area contributed by atoms with Crippen LogP contribution in [0.5, 0.6) is 0 Å². The van der Waals surface area contributed by atoms with Crippen molar-refractivity contribution in [1.82, 2.24) is 4.90 Å². The quantitative estimate of drug-likeness (QED) is 0.529. The molecule has 0 fully saturated rings. The third-order valence-electron chi connectivity index (χ3n) is 4.16. The summed E-state index contributed by atoms with van der Waals surface area (Å²) >= 11 is 0. The summed E-state index contributed by atoms with van der Waals surface area (Å²) in [5.41, 5.74) is 2.92. The predicted molar refractivity (Wildman–Crippen MR) is 82.8 cm³/mol. The molecular weight excluding hydrogens is 286 g/mol. The van der Waals surface area contributed by atoms with E-state index in [0.717, 1.165) is 13.1 Å². The minimum atomic E-state index is 0. The van der Waals surface area contributed by atoms with Gasteiger partial charge < -0.3 is 4.90 Å². The normalized spacial score (nSPS) is 14.0. The molecule has 2 atom stereocenters. The summed E-state index contributed by atoms with van der Waals surface area (Å²) in [6.45, 7) is 9.08. The maximum atomic E-state index is 2.56. The Morgan fingerprint density at radius 2 is 1.30 bits per heavy atom. The van der Waals surface area contributed by atoms with Crippen molar-refractivity contribution in [2.75, 3.05) is 13.1 Å². The molecule has 20 heavy (non-hydrogen) atoms. The fourth-order valence-corrected chi connectivity index (χ4v) is 2.96. The first-order chi connectivity index (χ1) is 9.26. The van der Waals surface area contributed by atoms with Crippen LogP contribution in [0.4, 0.5) is 0 Å². The van der Waals surface area contributed by atoms with Crippen LogP contribution < -0.4 is 0 Å². The molecule has 0 aliphatic rings. The SMILES string of the molecule is CCN(CC)C(CC(C)[c-]1cccc1)[c-]1cccc1.[Fe]. The van der Waals surface area contributed by atoms with Crippen molar-refractivity contribution < 1.29 is 17.1 Å². The van der Waals surface area contributed by atoms with Crippen molar-refractivity contribution in [2.24, 2.45) is 0 Å². The Balaban J connectivity index is 0.00000200. The third-order valence-corrected chi connectivity index (χ3v) is 4.16. The Hall–Kier alpha value is -0.821. The molecule has 2 aromatic carbocycles. The molecule has 2 unspecified atom stereocenters. The molecular formula is C18H25FeN-2. The average Bonchev–Trinajstić information content (AvgIpc) is 3.12. The van der Waals surface area contributed by atoms with Gasteiger partial charge in [-0.2, -0.15) is 29.8 Å². The molecule has 0 aliphatic carbocycles. The fraction of sp³-hybridized carbons (Fsp3) is 0.444. The Bertz CT molecular complexity index is 440. The third kappa shape index (κ3) is 4.09. The Morgan fingerprint density at radius 1 is 0.850 bits per heavy atom. The van der Waals surface area contributed by atoms with Crippen LogP contribution >= 0.6 is 0 Å². The summed E-state index contributed by atoms with van der Waals surface area (Å²) in [6, 6.07) is 18.1. The van der Waals surface area contributed by atoms with Gasteiger partial charge in [-0.3, -0.25) is 0 Å². The monoisotopic (exact) mass is 311 g/mol. The van der Waals surface area contributed by atoms with Crippen molar-refractivity contribution in [1.29, 1.82) is 0 Å². The minimum absolute atomic E-state index is 0. The van der Waals surface area contributed by atoms with E-state index in [1.165, 1.54) is 17.5 Å². The summed E-state index contributed by atoms with van der Waals surface area (Å²) < 4.78 is 0. The van der Waals surface area contributed by atoms with Crippen LogP contribution in [0.15, 0.2) is 48.5 Å². The van der Waals surface area contributed by atoms with Gasteiger partial charge in [0.2, 0.25) is 0 Å².